The topological polar surface area (TPSA) is 77.8 Å². The predicted molar refractivity (Wildman–Crippen MR) is 81.4 cm³/mol. The number of aromatic nitrogens is 2. The van der Waals surface area contributed by atoms with Crippen molar-refractivity contribution < 1.29 is 0 Å². The Morgan fingerprint density at radius 3 is 2.68 bits per heavy atom. The Morgan fingerprint density at radius 2 is 1.95 bits per heavy atom. The molecule has 1 aromatic heterocycles. The number of nitrogens with zero attached hydrogens (tertiary/aromatic N) is 2. The molecule has 1 atom stereocenters. The molecular weight excluding hydrogens is 276 g/mol. The van der Waals surface area contributed by atoms with Crippen molar-refractivity contribution in [3.63, 3.8) is 0 Å². The molecule has 2 aromatic rings. The lowest BCUT2D eigenvalue weighted by molar-refractivity contribution is 0.949. The van der Waals surface area contributed by atoms with Gasteiger partial charge in [0.2, 0.25) is 0 Å². The average molecular weight is 290 g/mol. The molecular formula is C13H14N4S2. The van der Waals surface area contributed by atoms with Crippen LogP contribution in [-0.4, -0.2) is 21.0 Å². The first-order valence-electron chi connectivity index (χ1n) is 5.98. The molecule has 0 bridgehead atoms. The summed E-state index contributed by atoms with van der Waals surface area (Å²) >= 11 is 3.54. The maximum atomic E-state index is 5.66. The highest BCUT2D eigenvalue weighted by atomic mass is 32.2. The van der Waals surface area contributed by atoms with E-state index in [2.05, 4.69) is 34.2 Å². The van der Waals surface area contributed by atoms with Crippen LogP contribution in [0, 0.1) is 0 Å². The SMILES string of the molecule is Nc1cc(N)nc(SCC2Cc3ccccc3S2)n1. The van der Waals surface area contributed by atoms with Crippen molar-refractivity contribution in [2.75, 3.05) is 17.2 Å². The summed E-state index contributed by atoms with van der Waals surface area (Å²) < 4.78 is 0. The molecule has 98 valence electrons. The quantitative estimate of drug-likeness (QED) is 0.668. The van der Waals surface area contributed by atoms with E-state index in [0.29, 0.717) is 22.0 Å². The van der Waals surface area contributed by atoms with Gasteiger partial charge in [-0.3, -0.25) is 0 Å². The predicted octanol–water partition coefficient (Wildman–Crippen LogP) is 2.45. The lowest BCUT2D eigenvalue weighted by Gasteiger charge is -2.07. The van der Waals surface area contributed by atoms with Crippen molar-refractivity contribution in [3.05, 3.63) is 35.9 Å². The van der Waals surface area contributed by atoms with Gasteiger partial charge in [-0.25, -0.2) is 9.97 Å². The van der Waals surface area contributed by atoms with E-state index in [1.807, 2.05) is 11.8 Å². The fourth-order valence-corrected chi connectivity index (χ4v) is 4.39. The Balaban J connectivity index is 1.62. The fraction of sp³-hybridized carbons (Fsp3) is 0.231. The number of benzene rings is 1. The molecule has 0 radical (unpaired) electrons. The summed E-state index contributed by atoms with van der Waals surface area (Å²) in [5.41, 5.74) is 12.8. The lowest BCUT2D eigenvalue weighted by Crippen LogP contribution is -2.06. The average Bonchev–Trinajstić information content (AvgIpc) is 2.78. The zero-order chi connectivity index (χ0) is 13.2. The van der Waals surface area contributed by atoms with Crippen LogP contribution >= 0.6 is 23.5 Å². The second-order valence-corrected chi connectivity index (χ2v) is 6.69. The number of hydrogen-bond acceptors (Lipinski definition) is 6. The Bertz CT molecular complexity index is 558. The highest BCUT2D eigenvalue weighted by Gasteiger charge is 2.22. The molecule has 2 heterocycles. The van der Waals surface area contributed by atoms with Gasteiger partial charge >= 0.3 is 0 Å². The van der Waals surface area contributed by atoms with E-state index < -0.39 is 0 Å². The maximum Gasteiger partial charge on any atom is 0.191 e. The third-order valence-corrected chi connectivity index (χ3v) is 5.40. The van der Waals surface area contributed by atoms with E-state index in [-0.39, 0.29) is 0 Å². The number of hydrogen-bond donors (Lipinski definition) is 2. The zero-order valence-corrected chi connectivity index (χ0v) is 11.9. The molecule has 1 aliphatic rings. The first kappa shape index (κ1) is 12.6. The molecule has 0 spiro atoms. The standard InChI is InChI=1S/C13H14N4S2/c14-11-6-12(15)17-13(16-11)18-7-9-5-8-3-1-2-4-10(8)19-9/h1-4,6,9H,5,7H2,(H4,14,15,16,17). The fourth-order valence-electron chi connectivity index (χ4n) is 2.04. The van der Waals surface area contributed by atoms with Gasteiger partial charge in [0.15, 0.2) is 5.16 Å². The van der Waals surface area contributed by atoms with Gasteiger partial charge in [-0.2, -0.15) is 0 Å². The summed E-state index contributed by atoms with van der Waals surface area (Å²) in [6.45, 7) is 0. The largest absolute Gasteiger partial charge is 0.383 e. The normalized spacial score (nSPS) is 17.4. The molecule has 1 unspecified atom stereocenters. The van der Waals surface area contributed by atoms with E-state index in [1.165, 1.54) is 10.5 Å². The molecule has 0 saturated heterocycles. The highest BCUT2D eigenvalue weighted by Crippen LogP contribution is 2.38. The van der Waals surface area contributed by atoms with Crippen LogP contribution < -0.4 is 11.5 Å². The second-order valence-electron chi connectivity index (χ2n) is 4.36. The molecule has 0 fully saturated rings. The van der Waals surface area contributed by atoms with Gasteiger partial charge in [0.1, 0.15) is 11.6 Å². The van der Waals surface area contributed by atoms with Gasteiger partial charge in [-0.05, 0) is 18.1 Å². The van der Waals surface area contributed by atoms with E-state index in [1.54, 1.807) is 17.8 Å². The van der Waals surface area contributed by atoms with Gasteiger partial charge < -0.3 is 11.5 Å². The van der Waals surface area contributed by atoms with Gasteiger partial charge in [-0.15, -0.1) is 11.8 Å². The molecule has 19 heavy (non-hydrogen) atoms. The van der Waals surface area contributed by atoms with Crippen LogP contribution in [0.1, 0.15) is 5.56 Å². The summed E-state index contributed by atoms with van der Waals surface area (Å²) in [6, 6.07) is 10.1. The summed E-state index contributed by atoms with van der Waals surface area (Å²) in [6.07, 6.45) is 1.10. The van der Waals surface area contributed by atoms with Crippen molar-refractivity contribution in [2.45, 2.75) is 21.7 Å². The first-order chi connectivity index (χ1) is 9.20. The number of thioether (sulfide) groups is 2. The number of rotatable bonds is 3. The molecule has 3 rings (SSSR count). The Kier molecular flexibility index (Phi) is 3.52. The summed E-state index contributed by atoms with van der Waals surface area (Å²) in [5, 5.41) is 1.22. The van der Waals surface area contributed by atoms with E-state index in [4.69, 9.17) is 11.5 Å². The molecule has 1 aromatic carbocycles. The molecule has 0 aliphatic carbocycles. The number of fused-ring (bicyclic) bond motifs is 1. The molecule has 4 N–H and O–H groups in total. The van der Waals surface area contributed by atoms with Crippen molar-refractivity contribution in [3.8, 4) is 0 Å². The van der Waals surface area contributed by atoms with Crippen LogP contribution in [-0.2, 0) is 6.42 Å². The van der Waals surface area contributed by atoms with Gasteiger partial charge in [0.25, 0.3) is 0 Å². The Hall–Kier alpha value is -1.40. The third-order valence-electron chi connectivity index (χ3n) is 2.86. The van der Waals surface area contributed by atoms with E-state index in [9.17, 15) is 0 Å². The number of anilines is 2. The zero-order valence-electron chi connectivity index (χ0n) is 10.2. The van der Waals surface area contributed by atoms with Crippen LogP contribution in [0.25, 0.3) is 0 Å². The lowest BCUT2D eigenvalue weighted by atomic mass is 10.1. The molecule has 6 heteroatoms. The third kappa shape index (κ3) is 2.96. The highest BCUT2D eigenvalue weighted by molar-refractivity contribution is 8.03. The van der Waals surface area contributed by atoms with Crippen molar-refractivity contribution in [2.24, 2.45) is 0 Å². The Labute approximate surface area is 120 Å². The van der Waals surface area contributed by atoms with Gasteiger partial charge in [0.05, 0.1) is 0 Å². The van der Waals surface area contributed by atoms with Crippen LogP contribution in [0.3, 0.4) is 0 Å². The maximum absolute atomic E-state index is 5.66. The van der Waals surface area contributed by atoms with Gasteiger partial charge in [0, 0.05) is 22.0 Å². The Morgan fingerprint density at radius 1 is 1.21 bits per heavy atom. The monoisotopic (exact) mass is 290 g/mol. The first-order valence-corrected chi connectivity index (χ1v) is 7.84. The molecule has 4 nitrogen and oxygen atoms in total. The molecule has 0 amide bonds. The summed E-state index contributed by atoms with van der Waals surface area (Å²) in [4.78, 5) is 9.76. The minimum absolute atomic E-state index is 0.428. The van der Waals surface area contributed by atoms with Crippen LogP contribution in [0.4, 0.5) is 11.6 Å². The van der Waals surface area contributed by atoms with E-state index in [0.717, 1.165) is 12.2 Å². The van der Waals surface area contributed by atoms with Crippen molar-refractivity contribution >= 4 is 35.2 Å². The van der Waals surface area contributed by atoms with Crippen LogP contribution in [0.5, 0.6) is 0 Å². The number of nitrogen functional groups attached to an aromatic ring is 2. The second kappa shape index (κ2) is 5.30. The van der Waals surface area contributed by atoms with Crippen molar-refractivity contribution in [1.82, 2.24) is 9.97 Å². The molecule has 0 saturated carbocycles. The minimum Gasteiger partial charge on any atom is -0.383 e. The molecule has 1 aliphatic heterocycles. The summed E-state index contributed by atoms with van der Waals surface area (Å²) in [5.74, 6) is 1.82. The smallest absolute Gasteiger partial charge is 0.191 e. The van der Waals surface area contributed by atoms with Crippen LogP contribution in [0.2, 0.25) is 0 Å². The minimum atomic E-state index is 0.428. The summed E-state index contributed by atoms with van der Waals surface area (Å²) in [7, 11) is 0. The van der Waals surface area contributed by atoms with Gasteiger partial charge in [-0.1, -0.05) is 30.0 Å². The number of nitrogens with two attached hydrogens (primary N) is 2. The van der Waals surface area contributed by atoms with E-state index >= 15 is 0 Å². The van der Waals surface area contributed by atoms with Crippen molar-refractivity contribution in [1.29, 1.82) is 0 Å². The van der Waals surface area contributed by atoms with Crippen LogP contribution in [0.15, 0.2) is 40.4 Å².